The maximum atomic E-state index is 11.4. The van der Waals surface area contributed by atoms with E-state index in [9.17, 15) is 9.90 Å². The summed E-state index contributed by atoms with van der Waals surface area (Å²) in [7, 11) is 0. The molecule has 0 fully saturated rings. The van der Waals surface area contributed by atoms with Crippen LogP contribution in [0.1, 0.15) is 34.8 Å². The maximum absolute atomic E-state index is 11.4. The molecule has 0 spiro atoms. The number of nitrogens with one attached hydrogen (secondary N) is 1. The predicted octanol–water partition coefficient (Wildman–Crippen LogP) is 3.72. The lowest BCUT2D eigenvalue weighted by atomic mass is 9.93. The molecule has 21 heavy (non-hydrogen) atoms. The number of benzene rings is 2. The van der Waals surface area contributed by atoms with Gasteiger partial charge in [-0.25, -0.2) is 0 Å². The van der Waals surface area contributed by atoms with Crippen molar-refractivity contribution in [3.63, 3.8) is 0 Å². The molecule has 4 heteroatoms. The average Bonchev–Trinajstić information content (AvgIpc) is 2.49. The minimum Gasteiger partial charge on any atom is -0.384 e. The van der Waals surface area contributed by atoms with Crippen LogP contribution in [0.2, 0.25) is 0 Å². The average molecular weight is 346 g/mol. The highest BCUT2D eigenvalue weighted by atomic mass is 79.9. The van der Waals surface area contributed by atoms with E-state index in [0.717, 1.165) is 38.8 Å². The number of aryl methyl sites for hydroxylation is 1. The van der Waals surface area contributed by atoms with Gasteiger partial charge in [0.05, 0.1) is 0 Å². The third-order valence-corrected chi connectivity index (χ3v) is 4.80. The summed E-state index contributed by atoms with van der Waals surface area (Å²) in [6, 6.07) is 11.6. The first-order valence-corrected chi connectivity index (χ1v) is 7.71. The van der Waals surface area contributed by atoms with Gasteiger partial charge in [-0.1, -0.05) is 40.2 Å². The molecule has 108 valence electrons. The molecule has 3 nitrogen and oxygen atoms in total. The van der Waals surface area contributed by atoms with E-state index in [1.165, 1.54) is 0 Å². The second kappa shape index (κ2) is 5.62. The van der Waals surface area contributed by atoms with Gasteiger partial charge >= 0.3 is 0 Å². The van der Waals surface area contributed by atoms with Crippen LogP contribution in [0.25, 0.3) is 0 Å². The molecule has 0 aliphatic carbocycles. The number of carbonyl (C=O) groups excluding carboxylic acids is 1. The van der Waals surface area contributed by atoms with Crippen molar-refractivity contribution in [3.8, 4) is 0 Å². The van der Waals surface area contributed by atoms with Crippen molar-refractivity contribution >= 4 is 27.5 Å². The van der Waals surface area contributed by atoms with Crippen LogP contribution < -0.4 is 5.32 Å². The number of carbonyl (C=O) groups is 1. The highest BCUT2D eigenvalue weighted by Gasteiger charge is 2.19. The molecule has 0 aromatic heterocycles. The minimum atomic E-state index is -0.662. The maximum Gasteiger partial charge on any atom is 0.224 e. The number of rotatable bonds is 2. The lowest BCUT2D eigenvalue weighted by Gasteiger charge is -2.20. The number of hydrogen-bond acceptors (Lipinski definition) is 2. The highest BCUT2D eigenvalue weighted by molar-refractivity contribution is 9.10. The Labute approximate surface area is 132 Å². The van der Waals surface area contributed by atoms with Crippen LogP contribution in [0, 0.1) is 6.92 Å². The predicted molar refractivity (Wildman–Crippen MR) is 86.3 cm³/mol. The Balaban J connectivity index is 1.97. The zero-order chi connectivity index (χ0) is 15.0. The number of hydrogen-bond donors (Lipinski definition) is 2. The topological polar surface area (TPSA) is 49.3 Å². The van der Waals surface area contributed by atoms with Gasteiger partial charge in [-0.05, 0) is 47.7 Å². The van der Waals surface area contributed by atoms with Crippen LogP contribution in [0.3, 0.4) is 0 Å². The molecule has 1 heterocycles. The molecule has 0 saturated carbocycles. The van der Waals surface area contributed by atoms with Crippen molar-refractivity contribution in [3.05, 3.63) is 63.1 Å². The number of amides is 1. The van der Waals surface area contributed by atoms with Crippen LogP contribution in [0.5, 0.6) is 0 Å². The lowest BCUT2D eigenvalue weighted by Crippen LogP contribution is -2.19. The zero-order valence-electron chi connectivity index (χ0n) is 11.7. The van der Waals surface area contributed by atoms with Crippen LogP contribution >= 0.6 is 15.9 Å². The Morgan fingerprint density at radius 2 is 2.05 bits per heavy atom. The Morgan fingerprint density at radius 1 is 1.24 bits per heavy atom. The molecule has 1 atom stereocenters. The first kappa shape index (κ1) is 14.3. The molecule has 2 aromatic carbocycles. The summed E-state index contributed by atoms with van der Waals surface area (Å²) in [5.74, 6) is 0.0543. The molecule has 1 amide bonds. The molecule has 2 N–H and O–H groups in total. The van der Waals surface area contributed by atoms with E-state index in [0.29, 0.717) is 6.42 Å². The zero-order valence-corrected chi connectivity index (χ0v) is 13.3. The molecule has 2 aromatic rings. The van der Waals surface area contributed by atoms with E-state index in [-0.39, 0.29) is 5.91 Å². The minimum absolute atomic E-state index is 0.0543. The Bertz CT molecular complexity index is 712. The van der Waals surface area contributed by atoms with Gasteiger partial charge in [0.15, 0.2) is 0 Å². The van der Waals surface area contributed by atoms with Gasteiger partial charge in [-0.3, -0.25) is 4.79 Å². The van der Waals surface area contributed by atoms with Gasteiger partial charge in [-0.15, -0.1) is 0 Å². The summed E-state index contributed by atoms with van der Waals surface area (Å²) < 4.78 is 0.990. The highest BCUT2D eigenvalue weighted by Crippen LogP contribution is 2.32. The summed E-state index contributed by atoms with van der Waals surface area (Å²) >= 11 is 3.49. The van der Waals surface area contributed by atoms with Gasteiger partial charge in [0.25, 0.3) is 0 Å². The molecule has 3 rings (SSSR count). The Kier molecular flexibility index (Phi) is 3.83. The summed E-state index contributed by atoms with van der Waals surface area (Å²) in [4.78, 5) is 11.4. The molecular formula is C17H16BrNO2. The largest absolute Gasteiger partial charge is 0.384 e. The third-order valence-electron chi connectivity index (χ3n) is 3.94. The van der Waals surface area contributed by atoms with Crippen LogP contribution in [0.4, 0.5) is 5.69 Å². The molecule has 1 aliphatic rings. The van der Waals surface area contributed by atoms with E-state index < -0.39 is 6.10 Å². The van der Waals surface area contributed by atoms with Crippen molar-refractivity contribution in [2.24, 2.45) is 0 Å². The van der Waals surface area contributed by atoms with E-state index in [1.54, 1.807) is 0 Å². The lowest BCUT2D eigenvalue weighted by molar-refractivity contribution is -0.116. The Morgan fingerprint density at radius 3 is 2.86 bits per heavy atom. The van der Waals surface area contributed by atoms with Crippen LogP contribution in [0.15, 0.2) is 40.9 Å². The smallest absolute Gasteiger partial charge is 0.224 e. The van der Waals surface area contributed by atoms with Crippen LogP contribution in [-0.2, 0) is 11.2 Å². The fourth-order valence-electron chi connectivity index (χ4n) is 2.67. The normalized spacial score (nSPS) is 15.3. The van der Waals surface area contributed by atoms with Gasteiger partial charge in [0.1, 0.15) is 6.10 Å². The number of aliphatic hydroxyl groups excluding tert-OH is 1. The summed E-state index contributed by atoms with van der Waals surface area (Å²) in [6.07, 6.45) is 0.562. The second-order valence-corrected chi connectivity index (χ2v) is 6.18. The van der Waals surface area contributed by atoms with Crippen molar-refractivity contribution in [2.45, 2.75) is 25.9 Å². The standard InChI is InChI=1S/C17H16BrNO2/c1-10-13(3-2-4-14(10)18)17(21)12-5-7-15-11(9-12)6-8-16(20)19-15/h2-5,7,9,17,21H,6,8H2,1H3,(H,19,20). The molecule has 1 aliphatic heterocycles. The first-order valence-electron chi connectivity index (χ1n) is 6.92. The van der Waals surface area contributed by atoms with Gasteiger partial charge in [-0.2, -0.15) is 0 Å². The molecule has 0 saturated heterocycles. The first-order chi connectivity index (χ1) is 10.1. The van der Waals surface area contributed by atoms with E-state index in [4.69, 9.17) is 0 Å². The second-order valence-electron chi connectivity index (χ2n) is 5.32. The van der Waals surface area contributed by atoms with Crippen molar-refractivity contribution in [2.75, 3.05) is 5.32 Å². The van der Waals surface area contributed by atoms with Crippen molar-refractivity contribution in [1.82, 2.24) is 0 Å². The molecular weight excluding hydrogens is 330 g/mol. The number of halogens is 1. The van der Waals surface area contributed by atoms with Crippen molar-refractivity contribution in [1.29, 1.82) is 0 Å². The molecule has 1 unspecified atom stereocenters. The number of fused-ring (bicyclic) bond motifs is 1. The molecule has 0 radical (unpaired) electrons. The Hall–Kier alpha value is -1.65. The van der Waals surface area contributed by atoms with E-state index in [1.807, 2.05) is 43.3 Å². The van der Waals surface area contributed by atoms with Crippen molar-refractivity contribution < 1.29 is 9.90 Å². The third kappa shape index (κ3) is 2.74. The monoisotopic (exact) mass is 345 g/mol. The number of anilines is 1. The summed E-state index contributed by atoms with van der Waals surface area (Å²) in [5.41, 5.74) is 4.72. The van der Waals surface area contributed by atoms with Gasteiger partial charge < -0.3 is 10.4 Å². The quantitative estimate of drug-likeness (QED) is 0.871. The fourth-order valence-corrected chi connectivity index (χ4v) is 3.05. The van der Waals surface area contributed by atoms with Gasteiger partial charge in [0, 0.05) is 16.6 Å². The van der Waals surface area contributed by atoms with Gasteiger partial charge in [0.2, 0.25) is 5.91 Å². The fraction of sp³-hybridized carbons (Fsp3) is 0.235. The summed E-state index contributed by atoms with van der Waals surface area (Å²) in [5, 5.41) is 13.5. The molecule has 0 bridgehead atoms. The SMILES string of the molecule is Cc1c(Br)cccc1C(O)c1ccc2c(c1)CCC(=O)N2. The van der Waals surface area contributed by atoms with E-state index in [2.05, 4.69) is 21.2 Å². The summed E-state index contributed by atoms with van der Waals surface area (Å²) in [6.45, 7) is 1.99. The number of aliphatic hydroxyl groups is 1. The van der Waals surface area contributed by atoms with E-state index >= 15 is 0 Å². The van der Waals surface area contributed by atoms with Crippen LogP contribution in [-0.4, -0.2) is 11.0 Å².